The molecule has 1 saturated carbocycles. The lowest BCUT2D eigenvalue weighted by Crippen LogP contribution is -2.48. The van der Waals surface area contributed by atoms with Crippen molar-refractivity contribution >= 4 is 11.9 Å². The van der Waals surface area contributed by atoms with Crippen LogP contribution in [0.4, 0.5) is 0 Å². The average molecular weight is 317 g/mol. The molecule has 0 spiro atoms. The van der Waals surface area contributed by atoms with Crippen LogP contribution in [0.15, 0.2) is 30.3 Å². The second-order valence-electron chi connectivity index (χ2n) is 6.62. The summed E-state index contributed by atoms with van der Waals surface area (Å²) >= 11 is 0. The van der Waals surface area contributed by atoms with Crippen LogP contribution in [0.1, 0.15) is 43.8 Å². The molecular formula is C18H23NO4. The van der Waals surface area contributed by atoms with Gasteiger partial charge in [0.25, 0.3) is 0 Å². The number of rotatable bonds is 5. The van der Waals surface area contributed by atoms with Gasteiger partial charge in [0, 0.05) is 12.6 Å². The maximum Gasteiger partial charge on any atom is 0.307 e. The van der Waals surface area contributed by atoms with Gasteiger partial charge in [-0.2, -0.15) is 0 Å². The van der Waals surface area contributed by atoms with E-state index in [9.17, 15) is 14.7 Å². The first-order valence-electron chi connectivity index (χ1n) is 8.34. The second-order valence-corrected chi connectivity index (χ2v) is 6.62. The second kappa shape index (κ2) is 6.71. The van der Waals surface area contributed by atoms with Crippen LogP contribution in [0.2, 0.25) is 0 Å². The first-order chi connectivity index (χ1) is 11.1. The monoisotopic (exact) mass is 317 g/mol. The first kappa shape index (κ1) is 16.0. The van der Waals surface area contributed by atoms with E-state index in [1.54, 1.807) is 0 Å². The number of carbonyl (C=O) groups is 2. The number of carboxylic acid groups (broad SMARTS) is 1. The summed E-state index contributed by atoms with van der Waals surface area (Å²) in [5.41, 5.74) is 0.860. The highest BCUT2D eigenvalue weighted by Crippen LogP contribution is 2.38. The molecule has 1 aliphatic heterocycles. The van der Waals surface area contributed by atoms with Gasteiger partial charge in [-0.05, 0) is 37.7 Å². The molecular weight excluding hydrogens is 294 g/mol. The highest BCUT2D eigenvalue weighted by atomic mass is 16.4. The van der Waals surface area contributed by atoms with Gasteiger partial charge in [-0.25, -0.2) is 0 Å². The predicted molar refractivity (Wildman–Crippen MR) is 84.6 cm³/mol. The van der Waals surface area contributed by atoms with E-state index < -0.39 is 18.0 Å². The Bertz CT molecular complexity index is 574. The molecule has 3 rings (SSSR count). The number of likely N-dealkylation sites (tertiary alicyclic amines) is 1. The summed E-state index contributed by atoms with van der Waals surface area (Å²) in [5.74, 6) is -1.80. The van der Waals surface area contributed by atoms with Crippen LogP contribution < -0.4 is 0 Å². The van der Waals surface area contributed by atoms with Crippen molar-refractivity contribution in [2.24, 2.45) is 11.8 Å². The molecule has 1 amide bonds. The van der Waals surface area contributed by atoms with Crippen LogP contribution in [0, 0.1) is 11.8 Å². The molecule has 1 aromatic carbocycles. The summed E-state index contributed by atoms with van der Waals surface area (Å²) in [5, 5.41) is 19.5. The van der Waals surface area contributed by atoms with Crippen molar-refractivity contribution < 1.29 is 19.8 Å². The van der Waals surface area contributed by atoms with Crippen LogP contribution in [0.5, 0.6) is 0 Å². The molecule has 5 heteroatoms. The summed E-state index contributed by atoms with van der Waals surface area (Å²) in [4.78, 5) is 25.6. The third kappa shape index (κ3) is 3.24. The van der Waals surface area contributed by atoms with E-state index in [0.29, 0.717) is 25.8 Å². The molecule has 0 aromatic heterocycles. The van der Waals surface area contributed by atoms with E-state index in [-0.39, 0.29) is 17.9 Å². The van der Waals surface area contributed by atoms with Crippen molar-refractivity contribution in [3.8, 4) is 0 Å². The molecule has 124 valence electrons. The predicted octanol–water partition coefficient (Wildman–Crippen LogP) is 2.21. The smallest absolute Gasteiger partial charge is 0.307 e. The Labute approximate surface area is 135 Å². The van der Waals surface area contributed by atoms with Gasteiger partial charge in [-0.15, -0.1) is 0 Å². The minimum absolute atomic E-state index is 0.00718. The number of nitrogens with zero attached hydrogens (tertiary/aromatic N) is 1. The molecule has 23 heavy (non-hydrogen) atoms. The van der Waals surface area contributed by atoms with Crippen molar-refractivity contribution in [2.75, 3.05) is 6.54 Å². The first-order valence-corrected chi connectivity index (χ1v) is 8.34. The molecule has 2 N–H and O–H groups in total. The van der Waals surface area contributed by atoms with Crippen LogP contribution in [0.3, 0.4) is 0 Å². The Hall–Kier alpha value is -1.88. The van der Waals surface area contributed by atoms with Gasteiger partial charge in [0.2, 0.25) is 5.91 Å². The highest BCUT2D eigenvalue weighted by Gasteiger charge is 2.45. The Kier molecular flexibility index (Phi) is 4.66. The summed E-state index contributed by atoms with van der Waals surface area (Å²) < 4.78 is 0. The lowest BCUT2D eigenvalue weighted by molar-refractivity contribution is -0.157. The molecule has 1 heterocycles. The minimum Gasteiger partial charge on any atom is -0.481 e. The van der Waals surface area contributed by atoms with E-state index in [2.05, 4.69) is 0 Å². The molecule has 1 saturated heterocycles. The number of amides is 1. The number of hydrogen-bond acceptors (Lipinski definition) is 3. The third-order valence-corrected chi connectivity index (χ3v) is 5.25. The Balaban J connectivity index is 1.64. The average Bonchev–Trinajstić information content (AvgIpc) is 2.94. The quantitative estimate of drug-likeness (QED) is 0.873. The summed E-state index contributed by atoms with van der Waals surface area (Å²) in [6, 6.07) is 9.47. The molecule has 1 aromatic rings. The number of aliphatic hydroxyl groups excluding tert-OH is 1. The molecule has 4 atom stereocenters. The fourth-order valence-electron chi connectivity index (χ4n) is 3.74. The van der Waals surface area contributed by atoms with Crippen molar-refractivity contribution in [3.63, 3.8) is 0 Å². The number of hydrogen-bond donors (Lipinski definition) is 2. The van der Waals surface area contributed by atoms with E-state index in [1.807, 2.05) is 35.2 Å². The zero-order chi connectivity index (χ0) is 16.4. The maximum absolute atomic E-state index is 12.7. The standard InChI is InChI=1S/C18H23NO4/c20-16(12-5-2-1-3-6-12)11-13-7-4-10-19(13)17(21)14-8-9-15(14)18(22)23/h1-3,5-6,13-16,20H,4,7-11H2,(H,22,23). The molecule has 2 fully saturated rings. The van der Waals surface area contributed by atoms with Crippen molar-refractivity contribution in [3.05, 3.63) is 35.9 Å². The molecule has 0 radical (unpaired) electrons. The SMILES string of the molecule is O=C(O)C1CCC1C(=O)N1CCCC1CC(O)c1ccccc1. The fourth-order valence-corrected chi connectivity index (χ4v) is 3.74. The molecule has 4 unspecified atom stereocenters. The third-order valence-electron chi connectivity index (χ3n) is 5.25. The normalized spacial score (nSPS) is 28.2. The molecule has 1 aliphatic carbocycles. The largest absolute Gasteiger partial charge is 0.481 e. The van der Waals surface area contributed by atoms with Crippen LogP contribution in [0.25, 0.3) is 0 Å². The minimum atomic E-state index is -0.866. The molecule has 5 nitrogen and oxygen atoms in total. The summed E-state index contributed by atoms with van der Waals surface area (Å²) in [6.45, 7) is 0.674. The van der Waals surface area contributed by atoms with Crippen LogP contribution in [-0.4, -0.2) is 39.6 Å². The highest BCUT2D eigenvalue weighted by molar-refractivity contribution is 5.86. The van der Waals surface area contributed by atoms with Crippen LogP contribution in [-0.2, 0) is 9.59 Å². The molecule has 0 bridgehead atoms. The van der Waals surface area contributed by atoms with Gasteiger partial charge in [-0.1, -0.05) is 30.3 Å². The number of aliphatic hydroxyl groups is 1. The van der Waals surface area contributed by atoms with Crippen molar-refractivity contribution in [1.82, 2.24) is 4.90 Å². The zero-order valence-electron chi connectivity index (χ0n) is 13.1. The topological polar surface area (TPSA) is 77.8 Å². The summed E-state index contributed by atoms with van der Waals surface area (Å²) in [7, 11) is 0. The summed E-state index contributed by atoms with van der Waals surface area (Å²) in [6.07, 6.45) is 2.98. The lowest BCUT2D eigenvalue weighted by atomic mass is 9.72. The van der Waals surface area contributed by atoms with Gasteiger partial charge in [0.15, 0.2) is 0 Å². The zero-order valence-corrected chi connectivity index (χ0v) is 13.1. The van der Waals surface area contributed by atoms with E-state index in [4.69, 9.17) is 5.11 Å². The number of carbonyl (C=O) groups excluding carboxylic acids is 1. The van der Waals surface area contributed by atoms with Gasteiger partial charge >= 0.3 is 5.97 Å². The number of carboxylic acids is 1. The maximum atomic E-state index is 12.7. The van der Waals surface area contributed by atoms with Crippen LogP contribution >= 0.6 is 0 Å². The van der Waals surface area contributed by atoms with Gasteiger partial charge in [0.1, 0.15) is 0 Å². The van der Waals surface area contributed by atoms with E-state index >= 15 is 0 Å². The van der Waals surface area contributed by atoms with Gasteiger partial charge in [0.05, 0.1) is 17.9 Å². The number of aliphatic carboxylic acids is 1. The fraction of sp³-hybridized carbons (Fsp3) is 0.556. The Morgan fingerprint density at radius 1 is 1.13 bits per heavy atom. The molecule has 2 aliphatic rings. The Morgan fingerprint density at radius 3 is 2.43 bits per heavy atom. The van der Waals surface area contributed by atoms with E-state index in [0.717, 1.165) is 18.4 Å². The number of benzene rings is 1. The van der Waals surface area contributed by atoms with Crippen molar-refractivity contribution in [2.45, 2.75) is 44.2 Å². The lowest BCUT2D eigenvalue weighted by Gasteiger charge is -2.37. The van der Waals surface area contributed by atoms with E-state index in [1.165, 1.54) is 0 Å². The van der Waals surface area contributed by atoms with Gasteiger partial charge < -0.3 is 15.1 Å². The Morgan fingerprint density at radius 2 is 1.83 bits per heavy atom. The van der Waals surface area contributed by atoms with Gasteiger partial charge in [-0.3, -0.25) is 9.59 Å². The van der Waals surface area contributed by atoms with Crippen molar-refractivity contribution in [1.29, 1.82) is 0 Å².